The molecule has 1 saturated carbocycles. The Morgan fingerprint density at radius 1 is 1.11 bits per heavy atom. The Balaban J connectivity index is 1.96. The van der Waals surface area contributed by atoms with Gasteiger partial charge in [-0.2, -0.15) is 0 Å². The van der Waals surface area contributed by atoms with Crippen molar-refractivity contribution in [1.82, 2.24) is 4.90 Å². The number of nitrogens with zero attached hydrogens (tertiary/aromatic N) is 1. The summed E-state index contributed by atoms with van der Waals surface area (Å²) in [6, 6.07) is 15.5. The standard InChI is InChI=1S/C23H27NO2S/c1-4-27-19-12-13-20(18(15-19)14-16-8-6-5-7-9-16)23(26)21(24(2)3)22(25)17-10-11-17/h5-9,12-13,15,17,21H,4,10-11,14H2,1-3H3. The van der Waals surface area contributed by atoms with Crippen LogP contribution in [-0.2, 0) is 11.2 Å². The van der Waals surface area contributed by atoms with Gasteiger partial charge in [0.25, 0.3) is 0 Å². The van der Waals surface area contributed by atoms with Crippen molar-refractivity contribution in [3.63, 3.8) is 0 Å². The van der Waals surface area contributed by atoms with Crippen LogP contribution in [0.25, 0.3) is 0 Å². The van der Waals surface area contributed by atoms with Crippen LogP contribution in [0.15, 0.2) is 53.4 Å². The summed E-state index contributed by atoms with van der Waals surface area (Å²) >= 11 is 1.77. The number of carbonyl (C=O) groups is 2. The van der Waals surface area contributed by atoms with Crippen molar-refractivity contribution < 1.29 is 9.59 Å². The van der Waals surface area contributed by atoms with Crippen molar-refractivity contribution in [3.8, 4) is 0 Å². The van der Waals surface area contributed by atoms with Crippen molar-refractivity contribution in [2.24, 2.45) is 5.92 Å². The van der Waals surface area contributed by atoms with E-state index >= 15 is 0 Å². The van der Waals surface area contributed by atoms with E-state index in [-0.39, 0.29) is 17.5 Å². The van der Waals surface area contributed by atoms with E-state index in [1.54, 1.807) is 16.7 Å². The van der Waals surface area contributed by atoms with Crippen LogP contribution in [0.2, 0.25) is 0 Å². The Bertz CT molecular complexity index is 812. The number of ketones is 2. The summed E-state index contributed by atoms with van der Waals surface area (Å²) in [5.74, 6) is 1.05. The number of rotatable bonds is 9. The predicted molar refractivity (Wildman–Crippen MR) is 112 cm³/mol. The molecule has 1 atom stereocenters. The van der Waals surface area contributed by atoms with E-state index in [0.29, 0.717) is 12.0 Å². The smallest absolute Gasteiger partial charge is 0.187 e. The maximum Gasteiger partial charge on any atom is 0.187 e. The molecule has 0 aliphatic heterocycles. The van der Waals surface area contributed by atoms with Crippen molar-refractivity contribution in [1.29, 1.82) is 0 Å². The second kappa shape index (κ2) is 8.85. The van der Waals surface area contributed by atoms with E-state index in [4.69, 9.17) is 0 Å². The molecule has 0 radical (unpaired) electrons. The lowest BCUT2D eigenvalue weighted by atomic mass is 9.91. The quantitative estimate of drug-likeness (QED) is 0.365. The molecule has 142 valence electrons. The third-order valence-electron chi connectivity index (χ3n) is 4.90. The predicted octanol–water partition coefficient (Wildman–Crippen LogP) is 4.48. The molecule has 3 nitrogen and oxygen atoms in total. The van der Waals surface area contributed by atoms with Crippen molar-refractivity contribution >= 4 is 23.3 Å². The number of thioether (sulfide) groups is 1. The minimum absolute atomic E-state index is 0.0637. The van der Waals surface area contributed by atoms with Gasteiger partial charge in [-0.3, -0.25) is 14.5 Å². The largest absolute Gasteiger partial charge is 0.297 e. The first kappa shape index (κ1) is 19.8. The SMILES string of the molecule is CCSc1ccc(C(=O)C(C(=O)C2CC2)N(C)C)c(Cc2ccccc2)c1. The molecular formula is C23H27NO2S. The second-order valence-corrected chi connectivity index (χ2v) is 8.66. The summed E-state index contributed by atoms with van der Waals surface area (Å²) in [6.07, 6.45) is 2.52. The Kier molecular flexibility index (Phi) is 6.51. The third kappa shape index (κ3) is 4.88. The molecule has 0 N–H and O–H groups in total. The molecule has 0 saturated heterocycles. The highest BCUT2D eigenvalue weighted by Gasteiger charge is 2.40. The van der Waals surface area contributed by atoms with E-state index in [0.717, 1.165) is 29.1 Å². The fourth-order valence-electron chi connectivity index (χ4n) is 3.39. The molecule has 0 amide bonds. The molecule has 0 spiro atoms. The second-order valence-electron chi connectivity index (χ2n) is 7.32. The lowest BCUT2D eigenvalue weighted by Gasteiger charge is -2.23. The van der Waals surface area contributed by atoms with Crippen LogP contribution in [-0.4, -0.2) is 42.4 Å². The third-order valence-corrected chi connectivity index (χ3v) is 5.78. The van der Waals surface area contributed by atoms with Crippen molar-refractivity contribution in [3.05, 3.63) is 65.2 Å². The molecule has 0 heterocycles. The lowest BCUT2D eigenvalue weighted by molar-refractivity contribution is -0.123. The zero-order chi connectivity index (χ0) is 19.4. The van der Waals surface area contributed by atoms with Crippen LogP contribution in [0, 0.1) is 5.92 Å². The highest BCUT2D eigenvalue weighted by atomic mass is 32.2. The molecule has 3 rings (SSSR count). The van der Waals surface area contributed by atoms with Gasteiger partial charge in [-0.15, -0.1) is 11.8 Å². The summed E-state index contributed by atoms with van der Waals surface area (Å²) in [4.78, 5) is 29.0. The molecule has 2 aromatic carbocycles. The number of hydrogen-bond donors (Lipinski definition) is 0. The average Bonchev–Trinajstić information content (AvgIpc) is 3.48. The van der Waals surface area contributed by atoms with Gasteiger partial charge in [0.15, 0.2) is 11.6 Å². The number of carbonyl (C=O) groups excluding carboxylic acids is 2. The zero-order valence-corrected chi connectivity index (χ0v) is 17.1. The van der Waals surface area contributed by atoms with Gasteiger partial charge in [0.2, 0.25) is 0 Å². The summed E-state index contributed by atoms with van der Waals surface area (Å²) in [6.45, 7) is 2.12. The highest BCUT2D eigenvalue weighted by Crippen LogP contribution is 2.33. The van der Waals surface area contributed by atoms with Crippen molar-refractivity contribution in [2.45, 2.75) is 37.1 Å². The van der Waals surface area contributed by atoms with Crippen LogP contribution in [0.1, 0.15) is 41.3 Å². The van der Waals surface area contributed by atoms with Crippen molar-refractivity contribution in [2.75, 3.05) is 19.8 Å². The topological polar surface area (TPSA) is 37.4 Å². The normalized spacial score (nSPS) is 15.0. The minimum atomic E-state index is -0.684. The van der Waals surface area contributed by atoms with Gasteiger partial charge in [-0.25, -0.2) is 0 Å². The van der Waals surface area contributed by atoms with E-state index in [2.05, 4.69) is 25.1 Å². The molecule has 0 aromatic heterocycles. The van der Waals surface area contributed by atoms with E-state index in [9.17, 15) is 9.59 Å². The Morgan fingerprint density at radius 3 is 2.41 bits per heavy atom. The van der Waals surface area contributed by atoms with Gasteiger partial charge >= 0.3 is 0 Å². The van der Waals surface area contributed by atoms with E-state index < -0.39 is 6.04 Å². The maximum atomic E-state index is 13.4. The molecular weight excluding hydrogens is 354 g/mol. The van der Waals surface area contributed by atoms with Gasteiger partial charge in [-0.05, 0) is 68.4 Å². The summed E-state index contributed by atoms with van der Waals surface area (Å²) in [5, 5.41) is 0. The molecule has 1 unspecified atom stereocenters. The Hall–Kier alpha value is -1.91. The minimum Gasteiger partial charge on any atom is -0.297 e. The fourth-order valence-corrected chi connectivity index (χ4v) is 4.11. The lowest BCUT2D eigenvalue weighted by Crippen LogP contribution is -2.43. The first-order chi connectivity index (χ1) is 13.0. The Morgan fingerprint density at radius 2 is 1.81 bits per heavy atom. The highest BCUT2D eigenvalue weighted by molar-refractivity contribution is 7.99. The molecule has 27 heavy (non-hydrogen) atoms. The van der Waals surface area contributed by atoms with E-state index in [1.807, 2.05) is 44.4 Å². The average molecular weight is 382 g/mol. The molecule has 1 aliphatic carbocycles. The molecule has 4 heteroatoms. The van der Waals surface area contributed by atoms with Gasteiger partial charge in [0.1, 0.15) is 6.04 Å². The maximum absolute atomic E-state index is 13.4. The summed E-state index contributed by atoms with van der Waals surface area (Å²) in [7, 11) is 3.64. The molecule has 2 aromatic rings. The monoisotopic (exact) mass is 381 g/mol. The zero-order valence-electron chi connectivity index (χ0n) is 16.3. The van der Waals surface area contributed by atoms with Crippen LogP contribution in [0.4, 0.5) is 0 Å². The number of likely N-dealkylation sites (N-methyl/N-ethyl adjacent to an activating group) is 1. The first-order valence-electron chi connectivity index (χ1n) is 9.55. The van der Waals surface area contributed by atoms with E-state index in [1.165, 1.54) is 5.56 Å². The van der Waals surface area contributed by atoms with Crippen LogP contribution in [0.5, 0.6) is 0 Å². The summed E-state index contributed by atoms with van der Waals surface area (Å²) < 4.78 is 0. The Labute approximate surface area is 166 Å². The first-order valence-corrected chi connectivity index (χ1v) is 10.5. The van der Waals surface area contributed by atoms with Crippen LogP contribution >= 0.6 is 11.8 Å². The van der Waals surface area contributed by atoms with Gasteiger partial charge in [0.05, 0.1) is 0 Å². The van der Waals surface area contributed by atoms with Crippen LogP contribution in [0.3, 0.4) is 0 Å². The van der Waals surface area contributed by atoms with Gasteiger partial charge in [0, 0.05) is 16.4 Å². The summed E-state index contributed by atoms with van der Waals surface area (Å²) in [5.41, 5.74) is 2.84. The number of hydrogen-bond acceptors (Lipinski definition) is 4. The number of Topliss-reactive ketones (excluding diaryl/α,β-unsaturated/α-hetero) is 2. The van der Waals surface area contributed by atoms with Crippen LogP contribution < -0.4 is 0 Å². The fraction of sp³-hybridized carbons (Fsp3) is 0.391. The van der Waals surface area contributed by atoms with Gasteiger partial charge < -0.3 is 0 Å². The molecule has 1 fully saturated rings. The molecule has 1 aliphatic rings. The van der Waals surface area contributed by atoms with Gasteiger partial charge in [-0.1, -0.05) is 37.3 Å². The number of benzene rings is 2. The molecule has 0 bridgehead atoms.